The van der Waals surface area contributed by atoms with Gasteiger partial charge in [-0.2, -0.15) is 4.98 Å². The molecule has 2 N–H and O–H groups in total. The molecule has 0 saturated carbocycles. The highest BCUT2D eigenvalue weighted by molar-refractivity contribution is 5.80. The highest BCUT2D eigenvalue weighted by Crippen LogP contribution is 2.11. The van der Waals surface area contributed by atoms with Gasteiger partial charge in [-0.25, -0.2) is 0 Å². The average Bonchev–Trinajstić information content (AvgIpc) is 3.03. The number of nitrogens with zero attached hydrogens (tertiary/aromatic N) is 3. The van der Waals surface area contributed by atoms with Crippen molar-refractivity contribution in [3.8, 4) is 0 Å². The van der Waals surface area contributed by atoms with Crippen LogP contribution in [-0.2, 0) is 6.42 Å². The van der Waals surface area contributed by atoms with Crippen LogP contribution in [0.4, 0.5) is 0 Å². The minimum atomic E-state index is 0.179. The number of rotatable bonds is 6. The molecule has 124 valence electrons. The van der Waals surface area contributed by atoms with E-state index in [1.807, 2.05) is 32.0 Å². The van der Waals surface area contributed by atoms with E-state index in [4.69, 9.17) is 4.52 Å². The Morgan fingerprint density at radius 2 is 1.96 bits per heavy atom. The lowest BCUT2D eigenvalue weighted by molar-refractivity contribution is 0.371. The second kappa shape index (κ2) is 8.31. The predicted molar refractivity (Wildman–Crippen MR) is 91.4 cm³/mol. The molecule has 0 aliphatic heterocycles. The Morgan fingerprint density at radius 1 is 1.22 bits per heavy atom. The molecule has 1 aromatic carbocycles. The molecule has 0 bridgehead atoms. The summed E-state index contributed by atoms with van der Waals surface area (Å²) in [5.41, 5.74) is 1.22. The van der Waals surface area contributed by atoms with Crippen LogP contribution in [0.15, 0.2) is 39.8 Å². The Hall–Kier alpha value is -2.37. The molecule has 23 heavy (non-hydrogen) atoms. The second-order valence-corrected chi connectivity index (χ2v) is 5.73. The normalized spacial score (nSPS) is 13.2. The van der Waals surface area contributed by atoms with Crippen molar-refractivity contribution in [2.24, 2.45) is 4.99 Å². The van der Waals surface area contributed by atoms with Gasteiger partial charge in [0, 0.05) is 25.9 Å². The number of guanidine groups is 1. The van der Waals surface area contributed by atoms with Crippen molar-refractivity contribution in [3.05, 3.63) is 47.6 Å². The van der Waals surface area contributed by atoms with Gasteiger partial charge < -0.3 is 15.2 Å². The minimum absolute atomic E-state index is 0.179. The topological polar surface area (TPSA) is 75.3 Å². The van der Waals surface area contributed by atoms with Crippen molar-refractivity contribution in [1.29, 1.82) is 0 Å². The first kappa shape index (κ1) is 17.0. The molecule has 0 amide bonds. The number of nitrogens with one attached hydrogen (secondary N) is 2. The maximum absolute atomic E-state index is 5.23. The minimum Gasteiger partial charge on any atom is -0.356 e. The molecule has 0 aliphatic rings. The van der Waals surface area contributed by atoms with E-state index in [0.29, 0.717) is 18.9 Å². The molecule has 6 nitrogen and oxygen atoms in total. The smallest absolute Gasteiger partial charge is 0.228 e. The molecule has 1 atom stereocenters. The fourth-order valence-corrected chi connectivity index (χ4v) is 2.12. The van der Waals surface area contributed by atoms with Crippen molar-refractivity contribution in [3.63, 3.8) is 0 Å². The number of benzene rings is 1. The molecule has 2 aromatic rings. The van der Waals surface area contributed by atoms with Crippen LogP contribution in [0.5, 0.6) is 0 Å². The van der Waals surface area contributed by atoms with Crippen LogP contribution in [0.1, 0.15) is 50.0 Å². The van der Waals surface area contributed by atoms with E-state index in [-0.39, 0.29) is 12.0 Å². The monoisotopic (exact) mass is 315 g/mol. The van der Waals surface area contributed by atoms with Crippen molar-refractivity contribution >= 4 is 5.96 Å². The highest BCUT2D eigenvalue weighted by Gasteiger charge is 2.10. The standard InChI is InChI=1S/C17H25N5O/c1-12(2)16-21-15(23-22-16)10-11-19-17(18-4)20-13(3)14-8-6-5-7-9-14/h5-9,12-13H,10-11H2,1-4H3,(H2,18,19,20). The number of aromatic nitrogens is 2. The number of aliphatic imine (C=N–C) groups is 1. The Balaban J connectivity index is 1.81. The Kier molecular flexibility index (Phi) is 6.14. The molecule has 0 radical (unpaired) electrons. The van der Waals surface area contributed by atoms with Gasteiger partial charge in [-0.1, -0.05) is 49.3 Å². The van der Waals surface area contributed by atoms with E-state index < -0.39 is 0 Å². The summed E-state index contributed by atoms with van der Waals surface area (Å²) in [5.74, 6) is 2.43. The third kappa shape index (κ3) is 5.09. The van der Waals surface area contributed by atoms with Gasteiger partial charge in [-0.3, -0.25) is 4.99 Å². The van der Waals surface area contributed by atoms with Crippen LogP contribution in [0.25, 0.3) is 0 Å². The van der Waals surface area contributed by atoms with Crippen LogP contribution in [0, 0.1) is 0 Å². The molecule has 0 saturated heterocycles. The van der Waals surface area contributed by atoms with E-state index in [9.17, 15) is 0 Å². The van der Waals surface area contributed by atoms with Crippen LogP contribution in [0.3, 0.4) is 0 Å². The second-order valence-electron chi connectivity index (χ2n) is 5.73. The molecule has 1 heterocycles. The lowest BCUT2D eigenvalue weighted by atomic mass is 10.1. The molecule has 0 aliphatic carbocycles. The summed E-state index contributed by atoms with van der Waals surface area (Å²) in [7, 11) is 1.76. The Bertz CT molecular complexity index is 621. The first-order valence-corrected chi connectivity index (χ1v) is 7.94. The summed E-state index contributed by atoms with van der Waals surface area (Å²) < 4.78 is 5.23. The van der Waals surface area contributed by atoms with Gasteiger partial charge in [0.1, 0.15) is 0 Å². The van der Waals surface area contributed by atoms with E-state index in [2.05, 4.69) is 44.8 Å². The van der Waals surface area contributed by atoms with Gasteiger partial charge in [0.25, 0.3) is 0 Å². The zero-order valence-electron chi connectivity index (χ0n) is 14.2. The first-order chi connectivity index (χ1) is 11.1. The average molecular weight is 315 g/mol. The summed E-state index contributed by atoms with van der Waals surface area (Å²) in [6.07, 6.45) is 0.667. The zero-order chi connectivity index (χ0) is 16.7. The third-order valence-electron chi connectivity index (χ3n) is 3.51. The quantitative estimate of drug-likeness (QED) is 0.633. The van der Waals surface area contributed by atoms with Gasteiger partial charge in [0.05, 0.1) is 6.04 Å². The molecule has 1 unspecified atom stereocenters. The Morgan fingerprint density at radius 3 is 2.57 bits per heavy atom. The zero-order valence-corrected chi connectivity index (χ0v) is 14.2. The number of hydrogen-bond donors (Lipinski definition) is 2. The van der Waals surface area contributed by atoms with Gasteiger partial charge >= 0.3 is 0 Å². The number of hydrogen-bond acceptors (Lipinski definition) is 4. The van der Waals surface area contributed by atoms with E-state index in [1.54, 1.807) is 7.05 Å². The van der Waals surface area contributed by atoms with Crippen molar-refractivity contribution in [1.82, 2.24) is 20.8 Å². The van der Waals surface area contributed by atoms with Gasteiger partial charge in [0.2, 0.25) is 5.89 Å². The van der Waals surface area contributed by atoms with Crippen molar-refractivity contribution in [2.45, 2.75) is 39.2 Å². The van der Waals surface area contributed by atoms with Crippen LogP contribution >= 0.6 is 0 Å². The molecule has 1 aromatic heterocycles. The van der Waals surface area contributed by atoms with Crippen LogP contribution in [-0.4, -0.2) is 29.7 Å². The maximum Gasteiger partial charge on any atom is 0.228 e. The molecular weight excluding hydrogens is 290 g/mol. The van der Waals surface area contributed by atoms with Gasteiger partial charge in [0.15, 0.2) is 11.8 Å². The fourth-order valence-electron chi connectivity index (χ4n) is 2.12. The van der Waals surface area contributed by atoms with Crippen LogP contribution < -0.4 is 10.6 Å². The summed E-state index contributed by atoms with van der Waals surface area (Å²) >= 11 is 0. The van der Waals surface area contributed by atoms with Crippen LogP contribution in [0.2, 0.25) is 0 Å². The van der Waals surface area contributed by atoms with Crippen molar-refractivity contribution < 1.29 is 4.52 Å². The van der Waals surface area contributed by atoms with E-state index in [0.717, 1.165) is 11.8 Å². The third-order valence-corrected chi connectivity index (χ3v) is 3.51. The lowest BCUT2D eigenvalue weighted by Crippen LogP contribution is -2.39. The molecular formula is C17H25N5O. The highest BCUT2D eigenvalue weighted by atomic mass is 16.5. The van der Waals surface area contributed by atoms with Gasteiger partial charge in [-0.05, 0) is 12.5 Å². The summed E-state index contributed by atoms with van der Waals surface area (Å²) in [5, 5.41) is 10.6. The molecule has 0 spiro atoms. The summed E-state index contributed by atoms with van der Waals surface area (Å²) in [6.45, 7) is 6.88. The van der Waals surface area contributed by atoms with E-state index in [1.165, 1.54) is 5.56 Å². The molecule has 6 heteroatoms. The fraction of sp³-hybridized carbons (Fsp3) is 0.471. The molecule has 0 fully saturated rings. The Labute approximate surface area is 137 Å². The first-order valence-electron chi connectivity index (χ1n) is 7.94. The SMILES string of the molecule is CN=C(NCCc1nc(C(C)C)no1)NC(C)c1ccccc1. The lowest BCUT2D eigenvalue weighted by Gasteiger charge is -2.17. The van der Waals surface area contributed by atoms with Crippen molar-refractivity contribution in [2.75, 3.05) is 13.6 Å². The van der Waals surface area contributed by atoms with Gasteiger partial charge in [-0.15, -0.1) is 0 Å². The maximum atomic E-state index is 5.23. The summed E-state index contributed by atoms with van der Waals surface area (Å²) in [6, 6.07) is 10.4. The predicted octanol–water partition coefficient (Wildman–Crippen LogP) is 2.66. The summed E-state index contributed by atoms with van der Waals surface area (Å²) in [4.78, 5) is 8.61. The largest absolute Gasteiger partial charge is 0.356 e. The molecule has 2 rings (SSSR count). The van der Waals surface area contributed by atoms with E-state index >= 15 is 0 Å².